The lowest BCUT2D eigenvalue weighted by atomic mass is 10.2. The highest BCUT2D eigenvalue weighted by Crippen LogP contribution is 2.29. The van der Waals surface area contributed by atoms with Gasteiger partial charge in [-0.3, -0.25) is 0 Å². The molecular formula is C10H19F3N2S2. The molecule has 0 saturated heterocycles. The van der Waals surface area contributed by atoms with Crippen molar-refractivity contribution in [3.8, 4) is 0 Å². The Labute approximate surface area is 110 Å². The number of hydrogen-bond acceptors (Lipinski definition) is 3. The number of nitrogens with zero attached hydrogens (tertiary/aromatic N) is 1. The van der Waals surface area contributed by atoms with Crippen LogP contribution in [0.1, 0.15) is 20.3 Å². The molecule has 0 aromatic heterocycles. The van der Waals surface area contributed by atoms with Crippen molar-refractivity contribution in [3.05, 3.63) is 0 Å². The van der Waals surface area contributed by atoms with Crippen molar-refractivity contribution in [1.29, 1.82) is 0 Å². The minimum atomic E-state index is -4.15. The molecule has 0 atom stereocenters. The van der Waals surface area contributed by atoms with E-state index in [1.54, 1.807) is 0 Å². The van der Waals surface area contributed by atoms with Crippen LogP contribution >= 0.6 is 24.0 Å². The zero-order valence-electron chi connectivity index (χ0n) is 10.1. The van der Waals surface area contributed by atoms with Crippen LogP contribution in [0.2, 0.25) is 0 Å². The number of rotatable bonds is 8. The van der Waals surface area contributed by atoms with Gasteiger partial charge in [0.15, 0.2) is 0 Å². The summed E-state index contributed by atoms with van der Waals surface area (Å²) in [4.78, 5) is 2.38. The van der Waals surface area contributed by atoms with E-state index in [2.05, 4.69) is 0 Å². The molecule has 0 unspecified atom stereocenters. The van der Waals surface area contributed by atoms with E-state index in [-0.39, 0.29) is 17.5 Å². The third kappa shape index (κ3) is 12.2. The Morgan fingerprint density at radius 2 is 1.94 bits per heavy atom. The highest BCUT2D eigenvalue weighted by atomic mass is 32.2. The van der Waals surface area contributed by atoms with E-state index < -0.39 is 5.51 Å². The smallest absolute Gasteiger partial charge is 0.393 e. The van der Waals surface area contributed by atoms with Gasteiger partial charge in [-0.15, -0.1) is 0 Å². The van der Waals surface area contributed by atoms with Crippen LogP contribution in [0.4, 0.5) is 13.2 Å². The quantitative estimate of drug-likeness (QED) is 0.695. The summed E-state index contributed by atoms with van der Waals surface area (Å²) in [7, 11) is 0. The van der Waals surface area contributed by atoms with Crippen LogP contribution in [0.15, 0.2) is 0 Å². The second kappa shape index (κ2) is 8.16. The first-order valence-corrected chi connectivity index (χ1v) is 6.81. The predicted octanol–water partition coefficient (Wildman–Crippen LogP) is 2.87. The molecular weight excluding hydrogens is 269 g/mol. The van der Waals surface area contributed by atoms with E-state index in [0.717, 1.165) is 6.54 Å². The largest absolute Gasteiger partial charge is 0.441 e. The predicted molar refractivity (Wildman–Crippen MR) is 71.2 cm³/mol. The summed E-state index contributed by atoms with van der Waals surface area (Å²) in [5.74, 6) is 0.463. The van der Waals surface area contributed by atoms with E-state index in [1.807, 2.05) is 18.7 Å². The molecule has 0 fully saturated rings. The van der Waals surface area contributed by atoms with Crippen molar-refractivity contribution in [3.63, 3.8) is 0 Å². The third-order valence-electron chi connectivity index (χ3n) is 1.97. The highest BCUT2D eigenvalue weighted by Gasteiger charge is 2.27. The normalized spacial score (nSPS) is 12.4. The first kappa shape index (κ1) is 17.0. The van der Waals surface area contributed by atoms with Gasteiger partial charge in [-0.2, -0.15) is 13.2 Å². The molecule has 0 amide bonds. The molecule has 0 spiro atoms. The maximum atomic E-state index is 12.0. The standard InChI is InChI=1S/C10H19F3N2S2/c1-8(2)7-15(4-3-9(14)16)5-6-17-10(11,12)13/h8H,3-7H2,1-2H3,(H2,14,16). The van der Waals surface area contributed by atoms with Gasteiger partial charge in [0.05, 0.1) is 4.99 Å². The third-order valence-corrected chi connectivity index (χ3v) is 2.89. The molecule has 0 aromatic rings. The summed E-state index contributed by atoms with van der Waals surface area (Å²) in [5.41, 5.74) is 1.24. The lowest BCUT2D eigenvalue weighted by molar-refractivity contribution is -0.0328. The van der Waals surface area contributed by atoms with Gasteiger partial charge < -0.3 is 10.6 Å². The Morgan fingerprint density at radius 1 is 1.35 bits per heavy atom. The molecule has 7 heteroatoms. The van der Waals surface area contributed by atoms with Crippen LogP contribution in [-0.4, -0.2) is 40.8 Å². The summed E-state index contributed by atoms with van der Waals surface area (Å²) in [6.45, 7) is 5.87. The van der Waals surface area contributed by atoms with Gasteiger partial charge >= 0.3 is 5.51 Å². The summed E-state index contributed by atoms with van der Waals surface area (Å²) < 4.78 is 36.0. The van der Waals surface area contributed by atoms with Gasteiger partial charge in [0.2, 0.25) is 0 Å². The molecule has 0 aliphatic heterocycles. The molecule has 0 aliphatic rings. The number of hydrogen-bond donors (Lipinski definition) is 1. The van der Waals surface area contributed by atoms with Gasteiger partial charge in [0.25, 0.3) is 0 Å². The maximum absolute atomic E-state index is 12.0. The molecule has 17 heavy (non-hydrogen) atoms. The van der Waals surface area contributed by atoms with Crippen LogP contribution in [0.3, 0.4) is 0 Å². The Bertz CT molecular complexity index is 232. The average Bonchev–Trinajstić information content (AvgIpc) is 2.10. The first-order chi connectivity index (χ1) is 7.70. The number of thioether (sulfide) groups is 1. The minimum absolute atomic E-state index is 0.0175. The molecule has 0 aliphatic carbocycles. The maximum Gasteiger partial charge on any atom is 0.441 e. The van der Waals surface area contributed by atoms with Crippen LogP contribution in [-0.2, 0) is 0 Å². The molecule has 0 heterocycles. The molecule has 0 rings (SSSR count). The molecule has 0 bridgehead atoms. The van der Waals surface area contributed by atoms with E-state index in [1.165, 1.54) is 0 Å². The second-order valence-electron chi connectivity index (χ2n) is 4.20. The van der Waals surface area contributed by atoms with Crippen molar-refractivity contribution < 1.29 is 13.2 Å². The molecule has 0 radical (unpaired) electrons. The molecule has 0 saturated carbocycles. The monoisotopic (exact) mass is 288 g/mol. The first-order valence-electron chi connectivity index (χ1n) is 5.42. The van der Waals surface area contributed by atoms with Crippen molar-refractivity contribution in [1.82, 2.24) is 4.90 Å². The topological polar surface area (TPSA) is 29.3 Å². The van der Waals surface area contributed by atoms with Gasteiger partial charge in [-0.05, 0) is 17.7 Å². The Hall–Kier alpha value is -0.0100. The van der Waals surface area contributed by atoms with Crippen LogP contribution in [0.25, 0.3) is 0 Å². The van der Waals surface area contributed by atoms with Crippen molar-refractivity contribution in [2.75, 3.05) is 25.4 Å². The fourth-order valence-corrected chi connectivity index (χ4v) is 2.04. The zero-order valence-corrected chi connectivity index (χ0v) is 11.7. The number of alkyl halides is 3. The van der Waals surface area contributed by atoms with E-state index in [9.17, 15) is 13.2 Å². The number of thiocarbonyl (C=S) groups is 1. The van der Waals surface area contributed by atoms with Crippen molar-refractivity contribution in [2.45, 2.75) is 25.8 Å². The summed E-state index contributed by atoms with van der Waals surface area (Å²) in [6.07, 6.45) is 0.554. The molecule has 2 nitrogen and oxygen atoms in total. The van der Waals surface area contributed by atoms with Crippen LogP contribution in [0, 0.1) is 5.92 Å². The summed E-state index contributed by atoms with van der Waals surface area (Å²) in [6, 6.07) is 0. The fraction of sp³-hybridized carbons (Fsp3) is 0.900. The Kier molecular flexibility index (Phi) is 8.15. The average molecular weight is 288 g/mol. The van der Waals surface area contributed by atoms with E-state index >= 15 is 0 Å². The van der Waals surface area contributed by atoms with E-state index in [4.69, 9.17) is 18.0 Å². The SMILES string of the molecule is CC(C)CN(CCSC(F)(F)F)CCC(N)=S. The highest BCUT2D eigenvalue weighted by molar-refractivity contribution is 8.00. The van der Waals surface area contributed by atoms with Gasteiger partial charge in [0, 0.05) is 31.8 Å². The van der Waals surface area contributed by atoms with Gasteiger partial charge in [-0.1, -0.05) is 26.1 Å². The zero-order chi connectivity index (χ0) is 13.5. The lowest BCUT2D eigenvalue weighted by Gasteiger charge is -2.24. The Balaban J connectivity index is 3.97. The minimum Gasteiger partial charge on any atom is -0.393 e. The molecule has 102 valence electrons. The van der Waals surface area contributed by atoms with Gasteiger partial charge in [0.1, 0.15) is 0 Å². The van der Waals surface area contributed by atoms with Crippen molar-refractivity contribution >= 4 is 29.0 Å². The summed E-state index contributed by atoms with van der Waals surface area (Å²) in [5, 5.41) is 0. The molecule has 0 aromatic carbocycles. The van der Waals surface area contributed by atoms with E-state index in [0.29, 0.717) is 30.4 Å². The lowest BCUT2D eigenvalue weighted by Crippen LogP contribution is -2.33. The number of halogens is 3. The Morgan fingerprint density at radius 3 is 2.35 bits per heavy atom. The fourth-order valence-electron chi connectivity index (χ4n) is 1.37. The van der Waals surface area contributed by atoms with Crippen LogP contribution < -0.4 is 5.73 Å². The summed E-state index contributed by atoms with van der Waals surface area (Å²) >= 11 is 4.78. The molecule has 2 N–H and O–H groups in total. The number of nitrogens with two attached hydrogens (primary N) is 1. The van der Waals surface area contributed by atoms with Crippen molar-refractivity contribution in [2.24, 2.45) is 11.7 Å². The second-order valence-corrected chi connectivity index (χ2v) is 5.89. The van der Waals surface area contributed by atoms with Crippen LogP contribution in [0.5, 0.6) is 0 Å². The van der Waals surface area contributed by atoms with Gasteiger partial charge in [-0.25, -0.2) is 0 Å².